The Bertz CT molecular complexity index is 330. The quantitative estimate of drug-likeness (QED) is 0.852. The van der Waals surface area contributed by atoms with Crippen LogP contribution < -0.4 is 5.32 Å². The van der Waals surface area contributed by atoms with Gasteiger partial charge in [-0.05, 0) is 29.0 Å². The van der Waals surface area contributed by atoms with Crippen LogP contribution in [0.4, 0.5) is 5.82 Å². The van der Waals surface area contributed by atoms with E-state index in [1.807, 2.05) is 7.05 Å². The minimum absolute atomic E-state index is 0.000139. The topological polar surface area (TPSA) is 37.8 Å². The summed E-state index contributed by atoms with van der Waals surface area (Å²) < 4.78 is 1.13. The Hall–Kier alpha value is -0.390. The first-order valence-corrected chi connectivity index (χ1v) is 6.22. The molecule has 0 spiro atoms. The monoisotopic (exact) mass is 319 g/mol. The van der Waals surface area contributed by atoms with E-state index in [1.165, 1.54) is 0 Å². The molecule has 4 heteroatoms. The fraction of sp³-hybridized carbons (Fsp3) is 0.636. The largest absolute Gasteiger partial charge is 0.372 e. The molecule has 0 unspecified atom stereocenters. The molecule has 3 nitrogen and oxygen atoms in total. The lowest BCUT2D eigenvalue weighted by Crippen LogP contribution is -2.19. The van der Waals surface area contributed by atoms with E-state index in [9.17, 15) is 0 Å². The van der Waals surface area contributed by atoms with Gasteiger partial charge in [0.1, 0.15) is 11.6 Å². The lowest BCUT2D eigenvalue weighted by Gasteiger charge is -2.19. The molecule has 0 saturated heterocycles. The SMILES string of the molecule is CCc1nc(C(C)(C)C)nc(NC)c1I. The molecule has 0 amide bonds. The highest BCUT2D eigenvalue weighted by molar-refractivity contribution is 14.1. The second kappa shape index (κ2) is 4.63. The summed E-state index contributed by atoms with van der Waals surface area (Å²) in [5.74, 6) is 1.84. The van der Waals surface area contributed by atoms with Crippen LogP contribution in [0.3, 0.4) is 0 Å². The zero-order valence-electron chi connectivity index (χ0n) is 9.98. The van der Waals surface area contributed by atoms with Crippen molar-refractivity contribution in [3.05, 3.63) is 15.1 Å². The summed E-state index contributed by atoms with van der Waals surface area (Å²) in [6.45, 7) is 8.52. The molecule has 0 aliphatic heterocycles. The maximum Gasteiger partial charge on any atom is 0.143 e. The normalized spacial score (nSPS) is 11.6. The van der Waals surface area contributed by atoms with Gasteiger partial charge in [-0.3, -0.25) is 0 Å². The standard InChI is InChI=1S/C11H18IN3/c1-6-7-8(12)9(13-5)15-10(14-7)11(2,3)4/h6H2,1-5H3,(H,13,14,15). The average Bonchev–Trinajstić information content (AvgIpc) is 2.16. The van der Waals surface area contributed by atoms with Gasteiger partial charge in [-0.2, -0.15) is 0 Å². The molecule has 0 aliphatic rings. The molecule has 0 bridgehead atoms. The summed E-state index contributed by atoms with van der Waals surface area (Å²) in [6, 6.07) is 0. The maximum absolute atomic E-state index is 4.61. The van der Waals surface area contributed by atoms with Gasteiger partial charge < -0.3 is 5.32 Å². The molecule has 0 aromatic carbocycles. The van der Waals surface area contributed by atoms with Gasteiger partial charge in [0.2, 0.25) is 0 Å². The third-order valence-electron chi connectivity index (χ3n) is 2.16. The molecule has 1 rings (SSSR count). The van der Waals surface area contributed by atoms with Crippen LogP contribution in [0.25, 0.3) is 0 Å². The summed E-state index contributed by atoms with van der Waals surface area (Å²) in [7, 11) is 1.90. The number of hydrogen-bond acceptors (Lipinski definition) is 3. The van der Waals surface area contributed by atoms with Gasteiger partial charge >= 0.3 is 0 Å². The number of aromatic nitrogens is 2. The van der Waals surface area contributed by atoms with Crippen molar-refractivity contribution < 1.29 is 0 Å². The molecule has 84 valence electrons. The van der Waals surface area contributed by atoms with Crippen LogP contribution in [0, 0.1) is 3.57 Å². The fourth-order valence-electron chi connectivity index (χ4n) is 1.23. The van der Waals surface area contributed by atoms with Gasteiger partial charge in [0, 0.05) is 12.5 Å². The second-order valence-electron chi connectivity index (χ2n) is 4.51. The molecule has 1 heterocycles. The number of nitrogens with one attached hydrogen (secondary N) is 1. The third kappa shape index (κ3) is 2.80. The van der Waals surface area contributed by atoms with Crippen molar-refractivity contribution >= 4 is 28.4 Å². The lowest BCUT2D eigenvalue weighted by molar-refractivity contribution is 0.542. The van der Waals surface area contributed by atoms with Crippen LogP contribution >= 0.6 is 22.6 Å². The molecule has 0 aliphatic carbocycles. The van der Waals surface area contributed by atoms with Crippen LogP contribution in [-0.2, 0) is 11.8 Å². The molecular weight excluding hydrogens is 301 g/mol. The summed E-state index contributed by atoms with van der Waals surface area (Å²) >= 11 is 2.30. The Balaban J connectivity index is 3.33. The highest BCUT2D eigenvalue weighted by atomic mass is 127. The number of anilines is 1. The fourth-order valence-corrected chi connectivity index (χ4v) is 2.12. The minimum Gasteiger partial charge on any atom is -0.372 e. The third-order valence-corrected chi connectivity index (χ3v) is 3.30. The van der Waals surface area contributed by atoms with Crippen LogP contribution in [-0.4, -0.2) is 17.0 Å². The molecule has 0 saturated carbocycles. The first-order chi connectivity index (χ1) is 6.90. The highest BCUT2D eigenvalue weighted by Gasteiger charge is 2.20. The van der Waals surface area contributed by atoms with E-state index < -0.39 is 0 Å². The summed E-state index contributed by atoms with van der Waals surface area (Å²) in [6.07, 6.45) is 0.943. The van der Waals surface area contributed by atoms with Crippen LogP contribution in [0.1, 0.15) is 39.2 Å². The number of aryl methyl sites for hydroxylation is 1. The Kier molecular flexibility index (Phi) is 3.92. The van der Waals surface area contributed by atoms with Crippen molar-refractivity contribution in [3.8, 4) is 0 Å². The van der Waals surface area contributed by atoms with E-state index in [2.05, 4.69) is 65.6 Å². The Morgan fingerprint density at radius 3 is 2.27 bits per heavy atom. The number of rotatable bonds is 2. The van der Waals surface area contributed by atoms with Crippen LogP contribution in [0.5, 0.6) is 0 Å². The second-order valence-corrected chi connectivity index (χ2v) is 5.59. The summed E-state index contributed by atoms with van der Waals surface area (Å²) in [4.78, 5) is 9.15. The number of nitrogens with zero attached hydrogens (tertiary/aromatic N) is 2. The van der Waals surface area contributed by atoms with E-state index in [1.54, 1.807) is 0 Å². The molecular formula is C11H18IN3. The van der Waals surface area contributed by atoms with Crippen molar-refractivity contribution in [2.75, 3.05) is 12.4 Å². The van der Waals surface area contributed by atoms with Crippen molar-refractivity contribution in [2.24, 2.45) is 0 Å². The van der Waals surface area contributed by atoms with Gasteiger partial charge in [0.05, 0.1) is 9.26 Å². The molecule has 0 radical (unpaired) electrons. The highest BCUT2D eigenvalue weighted by Crippen LogP contribution is 2.25. The van der Waals surface area contributed by atoms with Gasteiger partial charge in [-0.15, -0.1) is 0 Å². The predicted molar refractivity (Wildman–Crippen MR) is 72.4 cm³/mol. The lowest BCUT2D eigenvalue weighted by atomic mass is 9.95. The van der Waals surface area contributed by atoms with Gasteiger partial charge in [-0.25, -0.2) is 9.97 Å². The maximum atomic E-state index is 4.61. The smallest absolute Gasteiger partial charge is 0.143 e. The first-order valence-electron chi connectivity index (χ1n) is 5.14. The average molecular weight is 319 g/mol. The Morgan fingerprint density at radius 1 is 1.27 bits per heavy atom. The molecule has 1 aromatic rings. The number of hydrogen-bond donors (Lipinski definition) is 1. The van der Waals surface area contributed by atoms with Crippen molar-refractivity contribution in [1.82, 2.24) is 9.97 Å². The summed E-state index contributed by atoms with van der Waals surface area (Å²) in [5.41, 5.74) is 1.12. The van der Waals surface area contributed by atoms with Crippen molar-refractivity contribution in [1.29, 1.82) is 0 Å². The van der Waals surface area contributed by atoms with Crippen LogP contribution in [0.15, 0.2) is 0 Å². The number of halogens is 1. The van der Waals surface area contributed by atoms with Gasteiger partial charge in [0.25, 0.3) is 0 Å². The molecule has 0 atom stereocenters. The molecule has 15 heavy (non-hydrogen) atoms. The molecule has 0 fully saturated rings. The molecule has 1 aromatic heterocycles. The van der Waals surface area contributed by atoms with Crippen molar-refractivity contribution in [2.45, 2.75) is 39.5 Å². The summed E-state index contributed by atoms with van der Waals surface area (Å²) in [5, 5.41) is 3.12. The first kappa shape index (κ1) is 12.7. The van der Waals surface area contributed by atoms with Gasteiger partial charge in [-0.1, -0.05) is 27.7 Å². The van der Waals surface area contributed by atoms with E-state index in [-0.39, 0.29) is 5.41 Å². The molecule has 1 N–H and O–H groups in total. The minimum atomic E-state index is -0.000139. The Morgan fingerprint density at radius 2 is 1.87 bits per heavy atom. The van der Waals surface area contributed by atoms with Crippen molar-refractivity contribution in [3.63, 3.8) is 0 Å². The zero-order chi connectivity index (χ0) is 11.6. The van der Waals surface area contributed by atoms with E-state index >= 15 is 0 Å². The predicted octanol–water partition coefficient (Wildman–Crippen LogP) is 2.98. The van der Waals surface area contributed by atoms with Crippen LogP contribution in [0.2, 0.25) is 0 Å². The van der Waals surface area contributed by atoms with E-state index in [0.717, 1.165) is 27.3 Å². The van der Waals surface area contributed by atoms with E-state index in [0.29, 0.717) is 0 Å². The Labute approximate surface area is 105 Å². The zero-order valence-corrected chi connectivity index (χ0v) is 12.1. The van der Waals surface area contributed by atoms with Gasteiger partial charge in [0.15, 0.2) is 0 Å². The van der Waals surface area contributed by atoms with E-state index in [4.69, 9.17) is 0 Å².